The average molecular weight is 278 g/mol. The third kappa shape index (κ3) is 3.62. The zero-order valence-electron chi connectivity index (χ0n) is 11.6. The standard InChI is InChI=1S/C17H17F3/c1-12-3-4-15(11-13(12)2)6-5-14-7-9-16(10-8-14)17(18,19)20/h3-4,7-11H,5-6H2,1-2H3. The van der Waals surface area contributed by atoms with Crippen molar-refractivity contribution < 1.29 is 13.2 Å². The Morgan fingerprint density at radius 3 is 1.85 bits per heavy atom. The Bertz CT molecular complexity index is 580. The van der Waals surface area contributed by atoms with Gasteiger partial charge in [-0.15, -0.1) is 0 Å². The molecule has 0 radical (unpaired) electrons. The van der Waals surface area contributed by atoms with Crippen molar-refractivity contribution in [2.24, 2.45) is 0 Å². The highest BCUT2D eigenvalue weighted by atomic mass is 19.4. The SMILES string of the molecule is Cc1ccc(CCc2ccc(C(F)(F)F)cc2)cc1C. The van der Waals surface area contributed by atoms with Gasteiger partial charge in [-0.2, -0.15) is 13.2 Å². The first-order chi connectivity index (χ1) is 9.36. The summed E-state index contributed by atoms with van der Waals surface area (Å²) < 4.78 is 37.4. The fourth-order valence-corrected chi connectivity index (χ4v) is 2.11. The van der Waals surface area contributed by atoms with Gasteiger partial charge in [-0.3, -0.25) is 0 Å². The highest BCUT2D eigenvalue weighted by Gasteiger charge is 2.29. The minimum atomic E-state index is -4.26. The van der Waals surface area contributed by atoms with Crippen molar-refractivity contribution in [2.45, 2.75) is 32.9 Å². The normalized spacial score (nSPS) is 11.7. The van der Waals surface area contributed by atoms with E-state index in [1.54, 1.807) is 12.1 Å². The van der Waals surface area contributed by atoms with E-state index in [4.69, 9.17) is 0 Å². The fourth-order valence-electron chi connectivity index (χ4n) is 2.11. The van der Waals surface area contributed by atoms with E-state index in [-0.39, 0.29) is 0 Å². The predicted molar refractivity (Wildman–Crippen MR) is 74.8 cm³/mol. The second kappa shape index (κ2) is 5.70. The van der Waals surface area contributed by atoms with Crippen LogP contribution in [0, 0.1) is 13.8 Å². The molecule has 0 fully saturated rings. The number of hydrogen-bond donors (Lipinski definition) is 0. The van der Waals surface area contributed by atoms with E-state index in [1.807, 2.05) is 0 Å². The second-order valence-corrected chi connectivity index (χ2v) is 5.11. The molecule has 0 aromatic heterocycles. The molecule has 0 N–H and O–H groups in total. The molecule has 2 aromatic rings. The summed E-state index contributed by atoms with van der Waals surface area (Å²) in [6, 6.07) is 11.7. The maximum atomic E-state index is 12.5. The molecule has 0 spiro atoms. The molecule has 0 atom stereocenters. The lowest BCUT2D eigenvalue weighted by molar-refractivity contribution is -0.137. The first kappa shape index (κ1) is 14.6. The monoisotopic (exact) mass is 278 g/mol. The van der Waals surface area contributed by atoms with Gasteiger partial charge in [0.1, 0.15) is 0 Å². The molecule has 0 nitrogen and oxygen atoms in total. The van der Waals surface area contributed by atoms with Crippen molar-refractivity contribution in [1.82, 2.24) is 0 Å². The van der Waals surface area contributed by atoms with Crippen LogP contribution in [-0.4, -0.2) is 0 Å². The lowest BCUT2D eigenvalue weighted by Gasteiger charge is -2.08. The van der Waals surface area contributed by atoms with Crippen molar-refractivity contribution in [2.75, 3.05) is 0 Å². The molecular formula is C17H17F3. The zero-order valence-corrected chi connectivity index (χ0v) is 11.6. The molecule has 0 aliphatic rings. The highest BCUT2D eigenvalue weighted by molar-refractivity contribution is 5.31. The van der Waals surface area contributed by atoms with Crippen LogP contribution in [-0.2, 0) is 19.0 Å². The summed E-state index contributed by atoms with van der Waals surface area (Å²) >= 11 is 0. The Morgan fingerprint density at radius 2 is 1.30 bits per heavy atom. The summed E-state index contributed by atoms with van der Waals surface area (Å²) in [6.07, 6.45) is -2.67. The summed E-state index contributed by atoms with van der Waals surface area (Å²) in [7, 11) is 0. The lowest BCUT2D eigenvalue weighted by atomic mass is 10.00. The van der Waals surface area contributed by atoms with E-state index in [1.165, 1.54) is 16.7 Å². The fraction of sp³-hybridized carbons (Fsp3) is 0.294. The van der Waals surface area contributed by atoms with Crippen LogP contribution in [0.2, 0.25) is 0 Å². The molecule has 0 saturated heterocycles. The molecule has 0 heterocycles. The van der Waals surface area contributed by atoms with Gasteiger partial charge in [0.05, 0.1) is 5.56 Å². The van der Waals surface area contributed by atoms with Crippen molar-refractivity contribution in [1.29, 1.82) is 0 Å². The van der Waals surface area contributed by atoms with Gasteiger partial charge in [0.2, 0.25) is 0 Å². The zero-order chi connectivity index (χ0) is 14.8. The summed E-state index contributed by atoms with van der Waals surface area (Å²) in [5, 5.41) is 0. The molecule has 2 rings (SSSR count). The topological polar surface area (TPSA) is 0 Å². The Kier molecular flexibility index (Phi) is 4.17. The molecule has 0 aliphatic carbocycles. The van der Waals surface area contributed by atoms with Crippen LogP contribution in [0.5, 0.6) is 0 Å². The highest BCUT2D eigenvalue weighted by Crippen LogP contribution is 2.29. The van der Waals surface area contributed by atoms with Crippen molar-refractivity contribution in [3.63, 3.8) is 0 Å². The van der Waals surface area contributed by atoms with Crippen LogP contribution in [0.1, 0.15) is 27.8 Å². The van der Waals surface area contributed by atoms with Gasteiger partial charge in [-0.25, -0.2) is 0 Å². The van der Waals surface area contributed by atoms with Gasteiger partial charge < -0.3 is 0 Å². The first-order valence-corrected chi connectivity index (χ1v) is 6.58. The number of hydrogen-bond acceptors (Lipinski definition) is 0. The third-order valence-corrected chi connectivity index (χ3v) is 3.55. The van der Waals surface area contributed by atoms with Gasteiger partial charge in [0.15, 0.2) is 0 Å². The Labute approximate surface area is 117 Å². The minimum Gasteiger partial charge on any atom is -0.166 e. The van der Waals surface area contributed by atoms with E-state index in [9.17, 15) is 13.2 Å². The molecule has 0 saturated carbocycles. The number of benzene rings is 2. The predicted octanol–water partition coefficient (Wildman–Crippen LogP) is 5.11. The molecule has 20 heavy (non-hydrogen) atoms. The number of alkyl halides is 3. The summed E-state index contributed by atoms with van der Waals surface area (Å²) in [6.45, 7) is 4.13. The third-order valence-electron chi connectivity index (χ3n) is 3.55. The van der Waals surface area contributed by atoms with E-state index in [2.05, 4.69) is 32.0 Å². The Hall–Kier alpha value is -1.77. The van der Waals surface area contributed by atoms with Gasteiger partial charge >= 0.3 is 6.18 Å². The maximum absolute atomic E-state index is 12.5. The van der Waals surface area contributed by atoms with E-state index < -0.39 is 11.7 Å². The molecule has 0 aliphatic heterocycles. The van der Waals surface area contributed by atoms with Crippen molar-refractivity contribution >= 4 is 0 Å². The summed E-state index contributed by atoms with van der Waals surface area (Å²) in [5.74, 6) is 0. The van der Waals surface area contributed by atoms with Crippen LogP contribution < -0.4 is 0 Å². The maximum Gasteiger partial charge on any atom is 0.416 e. The molecule has 2 aromatic carbocycles. The van der Waals surface area contributed by atoms with Crippen LogP contribution >= 0.6 is 0 Å². The Balaban J connectivity index is 2.02. The van der Waals surface area contributed by atoms with Crippen LogP contribution in [0.4, 0.5) is 13.2 Å². The molecule has 0 bridgehead atoms. The largest absolute Gasteiger partial charge is 0.416 e. The Morgan fingerprint density at radius 1 is 0.750 bits per heavy atom. The van der Waals surface area contributed by atoms with E-state index >= 15 is 0 Å². The van der Waals surface area contributed by atoms with Gasteiger partial charge in [-0.1, -0.05) is 30.3 Å². The first-order valence-electron chi connectivity index (χ1n) is 6.58. The van der Waals surface area contributed by atoms with Gasteiger partial charge in [0.25, 0.3) is 0 Å². The average Bonchev–Trinajstić information content (AvgIpc) is 2.40. The van der Waals surface area contributed by atoms with Gasteiger partial charge in [0, 0.05) is 0 Å². The lowest BCUT2D eigenvalue weighted by Crippen LogP contribution is -2.04. The number of rotatable bonds is 3. The summed E-state index contributed by atoms with van der Waals surface area (Å²) in [5.41, 5.74) is 4.05. The van der Waals surface area contributed by atoms with E-state index in [0.717, 1.165) is 30.5 Å². The van der Waals surface area contributed by atoms with Crippen LogP contribution in [0.25, 0.3) is 0 Å². The van der Waals surface area contributed by atoms with Crippen molar-refractivity contribution in [3.05, 3.63) is 70.3 Å². The second-order valence-electron chi connectivity index (χ2n) is 5.11. The minimum absolute atomic E-state index is 0.590. The van der Waals surface area contributed by atoms with Crippen LogP contribution in [0.3, 0.4) is 0 Å². The molecular weight excluding hydrogens is 261 g/mol. The van der Waals surface area contributed by atoms with Gasteiger partial charge in [-0.05, 0) is 61.1 Å². The molecule has 0 unspecified atom stereocenters. The molecule has 3 heteroatoms. The van der Waals surface area contributed by atoms with Crippen LogP contribution in [0.15, 0.2) is 42.5 Å². The summed E-state index contributed by atoms with van der Waals surface area (Å²) in [4.78, 5) is 0. The molecule has 0 amide bonds. The number of halogens is 3. The smallest absolute Gasteiger partial charge is 0.166 e. The number of aryl methyl sites for hydroxylation is 4. The van der Waals surface area contributed by atoms with E-state index in [0.29, 0.717) is 0 Å². The van der Waals surface area contributed by atoms with Crippen molar-refractivity contribution in [3.8, 4) is 0 Å². The molecule has 106 valence electrons. The quantitative estimate of drug-likeness (QED) is 0.732.